The summed E-state index contributed by atoms with van der Waals surface area (Å²) in [4.78, 5) is 35.0. The molecule has 2 aromatic carbocycles. The number of benzene rings is 2. The first-order valence-corrected chi connectivity index (χ1v) is 11.0. The van der Waals surface area contributed by atoms with Crippen molar-refractivity contribution in [2.24, 2.45) is 0 Å². The van der Waals surface area contributed by atoms with Crippen LogP contribution in [0.2, 0.25) is 5.02 Å². The summed E-state index contributed by atoms with van der Waals surface area (Å²) in [5.41, 5.74) is 1.13. The van der Waals surface area contributed by atoms with Crippen LogP contribution < -0.4 is 10.6 Å². The van der Waals surface area contributed by atoms with Gasteiger partial charge in [-0.25, -0.2) is 0 Å². The zero-order valence-electron chi connectivity index (χ0n) is 16.1. The molecule has 0 saturated heterocycles. The van der Waals surface area contributed by atoms with Gasteiger partial charge in [-0.2, -0.15) is 0 Å². The first kappa shape index (κ1) is 22.7. The van der Waals surface area contributed by atoms with E-state index < -0.39 is 10.8 Å². The Bertz CT molecular complexity index is 1140. The second-order valence-corrected chi connectivity index (χ2v) is 8.80. The van der Waals surface area contributed by atoms with Gasteiger partial charge in [-0.3, -0.25) is 25.0 Å². The Labute approximate surface area is 190 Å². The van der Waals surface area contributed by atoms with Gasteiger partial charge in [0.1, 0.15) is 0 Å². The van der Waals surface area contributed by atoms with Crippen LogP contribution >= 0.6 is 34.7 Å². The van der Waals surface area contributed by atoms with E-state index in [-0.39, 0.29) is 33.6 Å². The molecule has 0 spiro atoms. The van der Waals surface area contributed by atoms with Gasteiger partial charge in [-0.05, 0) is 24.6 Å². The smallest absolute Gasteiger partial charge is 0.273 e. The number of hydrogen-bond donors (Lipinski definition) is 2. The van der Waals surface area contributed by atoms with Crippen molar-refractivity contribution < 1.29 is 14.5 Å². The van der Waals surface area contributed by atoms with Crippen LogP contribution in [-0.2, 0) is 11.3 Å². The third-order valence-electron chi connectivity index (χ3n) is 4.13. The Morgan fingerprint density at radius 2 is 1.97 bits per heavy atom. The molecule has 2 amide bonds. The van der Waals surface area contributed by atoms with E-state index in [1.807, 2.05) is 18.2 Å². The van der Waals surface area contributed by atoms with Crippen LogP contribution in [0.15, 0.2) is 46.8 Å². The topological polar surface area (TPSA) is 127 Å². The van der Waals surface area contributed by atoms with Gasteiger partial charge in [-0.15, -0.1) is 10.2 Å². The maximum Gasteiger partial charge on any atom is 0.273 e. The third kappa shape index (κ3) is 6.00. The number of thioether (sulfide) groups is 1. The Balaban J connectivity index is 1.53. The summed E-state index contributed by atoms with van der Waals surface area (Å²) >= 11 is 8.35. The molecule has 0 radical (unpaired) electrons. The van der Waals surface area contributed by atoms with E-state index in [1.54, 1.807) is 6.07 Å². The fourth-order valence-electron chi connectivity index (χ4n) is 2.56. The fraction of sp³-hybridized carbons (Fsp3) is 0.158. The van der Waals surface area contributed by atoms with E-state index in [2.05, 4.69) is 20.8 Å². The highest BCUT2D eigenvalue weighted by Crippen LogP contribution is 2.27. The van der Waals surface area contributed by atoms with E-state index in [9.17, 15) is 19.7 Å². The van der Waals surface area contributed by atoms with Crippen LogP contribution in [0, 0.1) is 17.0 Å². The number of amides is 2. The first-order valence-electron chi connectivity index (χ1n) is 8.87. The summed E-state index contributed by atoms with van der Waals surface area (Å²) in [5.74, 6) is -0.596. The van der Waals surface area contributed by atoms with E-state index >= 15 is 0 Å². The standard InChI is InChI=1S/C19H16ClN5O4S2/c1-11-13(6-4-8-15(11)25(28)29)17(27)22-18-23-24-19(31-18)30-10-16(26)21-9-12-5-2-3-7-14(12)20/h2-8H,9-10H2,1H3,(H,21,26)(H,22,23,27). The molecule has 0 saturated carbocycles. The van der Waals surface area contributed by atoms with Gasteiger partial charge in [0.05, 0.1) is 10.7 Å². The molecular formula is C19H16ClN5O4S2. The quantitative estimate of drug-likeness (QED) is 0.216. The van der Waals surface area contributed by atoms with Crippen molar-refractivity contribution in [2.45, 2.75) is 17.8 Å². The number of halogens is 1. The molecule has 1 heterocycles. The van der Waals surface area contributed by atoms with Gasteiger partial charge >= 0.3 is 0 Å². The second-order valence-electron chi connectivity index (χ2n) is 6.19. The second kappa shape index (κ2) is 10.3. The van der Waals surface area contributed by atoms with Gasteiger partial charge in [0.2, 0.25) is 11.0 Å². The molecule has 0 bridgehead atoms. The predicted octanol–water partition coefficient (Wildman–Crippen LogP) is 4.07. The summed E-state index contributed by atoms with van der Waals surface area (Å²) < 4.78 is 0.499. The number of nitro benzene ring substituents is 1. The minimum atomic E-state index is -0.539. The number of carbonyl (C=O) groups is 2. The highest BCUT2D eigenvalue weighted by Gasteiger charge is 2.19. The van der Waals surface area contributed by atoms with E-state index in [4.69, 9.17) is 11.6 Å². The Morgan fingerprint density at radius 3 is 2.71 bits per heavy atom. The zero-order valence-corrected chi connectivity index (χ0v) is 18.5. The largest absolute Gasteiger partial charge is 0.351 e. The minimum absolute atomic E-state index is 0.122. The highest BCUT2D eigenvalue weighted by molar-refractivity contribution is 8.01. The summed E-state index contributed by atoms with van der Waals surface area (Å²) in [6, 6.07) is 11.5. The number of nitrogens with one attached hydrogen (secondary N) is 2. The van der Waals surface area contributed by atoms with E-state index in [1.165, 1.54) is 36.9 Å². The van der Waals surface area contributed by atoms with Crippen molar-refractivity contribution in [1.29, 1.82) is 0 Å². The van der Waals surface area contributed by atoms with Gasteiger partial charge in [0, 0.05) is 28.8 Å². The number of rotatable bonds is 8. The minimum Gasteiger partial charge on any atom is -0.351 e. The zero-order chi connectivity index (χ0) is 22.4. The van der Waals surface area contributed by atoms with Crippen molar-refractivity contribution in [3.8, 4) is 0 Å². The Hall–Kier alpha value is -3.02. The van der Waals surface area contributed by atoms with Crippen molar-refractivity contribution in [3.05, 3.63) is 74.3 Å². The van der Waals surface area contributed by atoms with Gasteiger partial charge < -0.3 is 5.32 Å². The number of aromatic nitrogens is 2. The molecule has 2 N–H and O–H groups in total. The van der Waals surface area contributed by atoms with Crippen molar-refractivity contribution >= 4 is 57.3 Å². The van der Waals surface area contributed by atoms with E-state index in [0.717, 1.165) is 16.9 Å². The molecule has 0 aliphatic rings. The molecule has 160 valence electrons. The molecule has 0 aliphatic carbocycles. The van der Waals surface area contributed by atoms with Crippen LogP contribution in [0.3, 0.4) is 0 Å². The summed E-state index contributed by atoms with van der Waals surface area (Å²) in [7, 11) is 0. The lowest BCUT2D eigenvalue weighted by molar-refractivity contribution is -0.385. The average molecular weight is 478 g/mol. The highest BCUT2D eigenvalue weighted by atomic mass is 35.5. The predicted molar refractivity (Wildman–Crippen MR) is 120 cm³/mol. The summed E-state index contributed by atoms with van der Waals surface area (Å²) in [5, 5.41) is 25.0. The number of hydrogen-bond acceptors (Lipinski definition) is 8. The molecule has 0 fully saturated rings. The lowest BCUT2D eigenvalue weighted by Gasteiger charge is -2.06. The Morgan fingerprint density at radius 1 is 1.19 bits per heavy atom. The van der Waals surface area contributed by atoms with Crippen LogP contribution in [-0.4, -0.2) is 32.7 Å². The van der Waals surface area contributed by atoms with Crippen LogP contribution in [0.4, 0.5) is 10.8 Å². The molecule has 3 rings (SSSR count). The summed E-state index contributed by atoms with van der Waals surface area (Å²) in [6.07, 6.45) is 0. The Kier molecular flexibility index (Phi) is 7.55. The maximum absolute atomic E-state index is 12.5. The van der Waals surface area contributed by atoms with Gasteiger partial charge in [0.15, 0.2) is 4.34 Å². The monoisotopic (exact) mass is 477 g/mol. The van der Waals surface area contributed by atoms with Gasteiger partial charge in [-0.1, -0.05) is 59.0 Å². The van der Waals surface area contributed by atoms with Crippen LogP contribution in [0.25, 0.3) is 0 Å². The number of nitrogens with zero attached hydrogens (tertiary/aromatic N) is 3. The average Bonchev–Trinajstić information content (AvgIpc) is 3.18. The van der Waals surface area contributed by atoms with Crippen LogP contribution in [0.5, 0.6) is 0 Å². The van der Waals surface area contributed by atoms with Gasteiger partial charge in [0.25, 0.3) is 11.6 Å². The summed E-state index contributed by atoms with van der Waals surface area (Å²) in [6.45, 7) is 1.83. The lowest BCUT2D eigenvalue weighted by Crippen LogP contribution is -2.24. The van der Waals surface area contributed by atoms with Crippen molar-refractivity contribution in [2.75, 3.05) is 11.1 Å². The van der Waals surface area contributed by atoms with Crippen LogP contribution in [0.1, 0.15) is 21.5 Å². The number of anilines is 1. The first-order chi connectivity index (χ1) is 14.8. The van der Waals surface area contributed by atoms with E-state index in [0.29, 0.717) is 15.9 Å². The SMILES string of the molecule is Cc1c(C(=O)Nc2nnc(SCC(=O)NCc3ccccc3Cl)s2)cccc1[N+](=O)[O-]. The number of carbonyl (C=O) groups excluding carboxylic acids is 2. The molecule has 0 atom stereocenters. The van der Waals surface area contributed by atoms with Crippen molar-refractivity contribution in [1.82, 2.24) is 15.5 Å². The lowest BCUT2D eigenvalue weighted by atomic mass is 10.1. The molecule has 0 unspecified atom stereocenters. The number of nitro groups is 1. The molecule has 9 nitrogen and oxygen atoms in total. The normalized spacial score (nSPS) is 10.5. The molecule has 3 aromatic rings. The molecule has 0 aliphatic heterocycles. The molecular weight excluding hydrogens is 462 g/mol. The molecule has 12 heteroatoms. The maximum atomic E-state index is 12.5. The third-order valence-corrected chi connectivity index (χ3v) is 6.47. The molecule has 31 heavy (non-hydrogen) atoms. The fourth-order valence-corrected chi connectivity index (χ4v) is 4.34. The van der Waals surface area contributed by atoms with Crippen molar-refractivity contribution in [3.63, 3.8) is 0 Å². The molecule has 1 aromatic heterocycles.